The number of carbonyl (C=O) groups excluding carboxylic acids is 1. The molecular weight excluding hydrogens is 433 g/mol. The third-order valence-corrected chi connectivity index (χ3v) is 5.70. The standard InChI is InChI=1S/C26H26FN5O2/c1-16(2)31(15-24-28-23-8-6-5-7-22(23)26(34)29-24)25(33)14-13-21-17(3)30-32(18(21)4)20-11-9-19(27)10-12-20/h5-14,16H,15H2,1-4H3,(H,28,29,34)/b14-13+. The van der Waals surface area contributed by atoms with Crippen LogP contribution < -0.4 is 5.56 Å². The zero-order chi connectivity index (χ0) is 24.4. The molecule has 2 heterocycles. The summed E-state index contributed by atoms with van der Waals surface area (Å²) in [5.74, 6) is -0.0956. The van der Waals surface area contributed by atoms with Crippen molar-refractivity contribution >= 4 is 22.9 Å². The third-order valence-electron chi connectivity index (χ3n) is 5.70. The van der Waals surface area contributed by atoms with Crippen molar-refractivity contribution in [1.29, 1.82) is 0 Å². The molecule has 34 heavy (non-hydrogen) atoms. The lowest BCUT2D eigenvalue weighted by Crippen LogP contribution is -2.36. The van der Waals surface area contributed by atoms with Gasteiger partial charge in [0.15, 0.2) is 0 Å². The van der Waals surface area contributed by atoms with Crippen molar-refractivity contribution in [3.05, 3.63) is 93.6 Å². The van der Waals surface area contributed by atoms with Gasteiger partial charge in [-0.05, 0) is 70.2 Å². The zero-order valence-corrected chi connectivity index (χ0v) is 19.5. The Morgan fingerprint density at radius 3 is 2.56 bits per heavy atom. The van der Waals surface area contributed by atoms with E-state index < -0.39 is 0 Å². The highest BCUT2D eigenvalue weighted by Crippen LogP contribution is 2.20. The van der Waals surface area contributed by atoms with Crippen LogP contribution in [0.5, 0.6) is 0 Å². The van der Waals surface area contributed by atoms with Crippen LogP contribution in [0, 0.1) is 19.7 Å². The molecule has 0 aliphatic carbocycles. The molecule has 174 valence electrons. The van der Waals surface area contributed by atoms with E-state index in [1.54, 1.807) is 46.0 Å². The second-order valence-corrected chi connectivity index (χ2v) is 8.40. The number of H-pyrrole nitrogens is 1. The molecule has 0 aliphatic rings. The van der Waals surface area contributed by atoms with Crippen LogP contribution in [0.25, 0.3) is 22.7 Å². The van der Waals surface area contributed by atoms with Crippen molar-refractivity contribution in [2.75, 3.05) is 0 Å². The van der Waals surface area contributed by atoms with Crippen LogP contribution in [-0.2, 0) is 11.3 Å². The molecule has 0 spiro atoms. The maximum Gasteiger partial charge on any atom is 0.258 e. The van der Waals surface area contributed by atoms with E-state index in [4.69, 9.17) is 0 Å². The van der Waals surface area contributed by atoms with Crippen LogP contribution in [-0.4, -0.2) is 36.6 Å². The van der Waals surface area contributed by atoms with Crippen molar-refractivity contribution in [1.82, 2.24) is 24.6 Å². The first-order valence-corrected chi connectivity index (χ1v) is 11.0. The van der Waals surface area contributed by atoms with Crippen molar-refractivity contribution < 1.29 is 9.18 Å². The lowest BCUT2D eigenvalue weighted by molar-refractivity contribution is -0.128. The van der Waals surface area contributed by atoms with E-state index in [1.807, 2.05) is 33.8 Å². The van der Waals surface area contributed by atoms with Gasteiger partial charge in [0.1, 0.15) is 11.6 Å². The van der Waals surface area contributed by atoms with Gasteiger partial charge in [0.2, 0.25) is 5.91 Å². The number of halogens is 1. The number of rotatable bonds is 6. The first kappa shape index (κ1) is 23.1. The molecule has 0 bridgehead atoms. The third kappa shape index (κ3) is 4.66. The molecule has 7 nitrogen and oxygen atoms in total. The van der Waals surface area contributed by atoms with Crippen molar-refractivity contribution in [3.63, 3.8) is 0 Å². The molecule has 1 N–H and O–H groups in total. The van der Waals surface area contributed by atoms with E-state index in [0.717, 1.165) is 22.6 Å². The summed E-state index contributed by atoms with van der Waals surface area (Å²) in [6.45, 7) is 7.76. The predicted octanol–water partition coefficient (Wildman–Crippen LogP) is 4.32. The van der Waals surface area contributed by atoms with Gasteiger partial charge in [-0.15, -0.1) is 0 Å². The van der Waals surface area contributed by atoms with E-state index in [2.05, 4.69) is 15.1 Å². The summed E-state index contributed by atoms with van der Waals surface area (Å²) in [6, 6.07) is 13.1. The summed E-state index contributed by atoms with van der Waals surface area (Å²) in [5, 5.41) is 5.05. The molecule has 8 heteroatoms. The Balaban J connectivity index is 1.58. The molecule has 0 saturated carbocycles. The second-order valence-electron chi connectivity index (χ2n) is 8.40. The Hall–Kier alpha value is -4.07. The minimum Gasteiger partial charge on any atom is -0.329 e. The fourth-order valence-corrected chi connectivity index (χ4v) is 3.87. The fourth-order valence-electron chi connectivity index (χ4n) is 3.87. The van der Waals surface area contributed by atoms with Crippen molar-refractivity contribution in [3.8, 4) is 5.69 Å². The SMILES string of the molecule is Cc1nn(-c2ccc(F)cc2)c(C)c1/C=C/C(=O)N(Cc1nc2ccccc2c(=O)[nH]1)C(C)C. The van der Waals surface area contributed by atoms with Gasteiger partial charge < -0.3 is 9.88 Å². The van der Waals surface area contributed by atoms with Crippen LogP contribution in [0.3, 0.4) is 0 Å². The first-order valence-electron chi connectivity index (χ1n) is 11.0. The molecule has 4 aromatic rings. The lowest BCUT2D eigenvalue weighted by atomic mass is 10.1. The first-order chi connectivity index (χ1) is 16.2. The number of aromatic nitrogens is 4. The average Bonchev–Trinajstić information content (AvgIpc) is 3.09. The molecule has 2 aromatic heterocycles. The Morgan fingerprint density at radius 2 is 1.85 bits per heavy atom. The summed E-state index contributed by atoms with van der Waals surface area (Å²) in [6.07, 6.45) is 3.25. The number of aromatic amines is 1. The molecule has 2 aromatic carbocycles. The number of hydrogen-bond donors (Lipinski definition) is 1. The number of para-hydroxylation sites is 1. The highest BCUT2D eigenvalue weighted by Gasteiger charge is 2.18. The monoisotopic (exact) mass is 459 g/mol. The average molecular weight is 460 g/mol. The van der Waals surface area contributed by atoms with E-state index in [1.165, 1.54) is 18.2 Å². The number of fused-ring (bicyclic) bond motifs is 1. The molecule has 0 fully saturated rings. The second kappa shape index (κ2) is 9.43. The van der Waals surface area contributed by atoms with Crippen molar-refractivity contribution in [2.24, 2.45) is 0 Å². The summed E-state index contributed by atoms with van der Waals surface area (Å²) < 4.78 is 15.0. The summed E-state index contributed by atoms with van der Waals surface area (Å²) >= 11 is 0. The maximum atomic E-state index is 13.3. The lowest BCUT2D eigenvalue weighted by Gasteiger charge is -2.25. The van der Waals surface area contributed by atoms with Gasteiger partial charge in [-0.25, -0.2) is 14.1 Å². The van der Waals surface area contributed by atoms with Gasteiger partial charge in [-0.3, -0.25) is 9.59 Å². The fraction of sp³-hybridized carbons (Fsp3) is 0.231. The normalized spacial score (nSPS) is 11.6. The van der Waals surface area contributed by atoms with Crippen LogP contribution in [0.15, 0.2) is 59.4 Å². The van der Waals surface area contributed by atoms with E-state index in [9.17, 15) is 14.0 Å². The predicted molar refractivity (Wildman–Crippen MR) is 130 cm³/mol. The van der Waals surface area contributed by atoms with Crippen molar-refractivity contribution in [2.45, 2.75) is 40.3 Å². The number of nitrogens with zero attached hydrogens (tertiary/aromatic N) is 4. The van der Waals surface area contributed by atoms with Gasteiger partial charge >= 0.3 is 0 Å². The van der Waals surface area contributed by atoms with Gasteiger partial charge in [-0.1, -0.05) is 12.1 Å². The van der Waals surface area contributed by atoms with Gasteiger partial charge in [0, 0.05) is 23.4 Å². The molecular formula is C26H26FN5O2. The number of benzene rings is 2. The quantitative estimate of drug-likeness (QED) is 0.436. The minimum absolute atomic E-state index is 0.113. The van der Waals surface area contributed by atoms with Crippen LogP contribution in [0.2, 0.25) is 0 Å². The molecule has 4 rings (SSSR count). The van der Waals surface area contributed by atoms with Gasteiger partial charge in [0.05, 0.1) is 28.8 Å². The number of aryl methyl sites for hydroxylation is 1. The molecule has 0 aliphatic heterocycles. The molecule has 0 radical (unpaired) electrons. The summed E-state index contributed by atoms with van der Waals surface area (Å²) in [5.41, 5.74) is 3.51. The smallest absolute Gasteiger partial charge is 0.258 e. The van der Waals surface area contributed by atoms with Crippen LogP contribution >= 0.6 is 0 Å². The molecule has 0 atom stereocenters. The van der Waals surface area contributed by atoms with E-state index in [-0.39, 0.29) is 29.9 Å². The van der Waals surface area contributed by atoms with E-state index >= 15 is 0 Å². The Morgan fingerprint density at radius 1 is 1.15 bits per heavy atom. The topological polar surface area (TPSA) is 83.9 Å². The van der Waals surface area contributed by atoms with Crippen LogP contribution in [0.4, 0.5) is 4.39 Å². The number of hydrogen-bond acceptors (Lipinski definition) is 4. The number of nitrogens with one attached hydrogen (secondary N) is 1. The Kier molecular flexibility index (Phi) is 6.40. The minimum atomic E-state index is -0.313. The molecule has 1 amide bonds. The summed E-state index contributed by atoms with van der Waals surface area (Å²) in [4.78, 5) is 34.4. The molecule has 0 saturated heterocycles. The largest absolute Gasteiger partial charge is 0.329 e. The van der Waals surface area contributed by atoms with Gasteiger partial charge in [-0.2, -0.15) is 5.10 Å². The summed E-state index contributed by atoms with van der Waals surface area (Å²) in [7, 11) is 0. The highest BCUT2D eigenvalue weighted by atomic mass is 19.1. The molecule has 0 unspecified atom stereocenters. The highest BCUT2D eigenvalue weighted by molar-refractivity contribution is 5.92. The number of carbonyl (C=O) groups is 1. The van der Waals surface area contributed by atoms with Gasteiger partial charge in [0.25, 0.3) is 5.56 Å². The van der Waals surface area contributed by atoms with E-state index in [0.29, 0.717) is 16.7 Å². The maximum absolute atomic E-state index is 13.3. The Bertz CT molecular complexity index is 1430. The van der Waals surface area contributed by atoms with Crippen LogP contribution in [0.1, 0.15) is 36.6 Å². The zero-order valence-electron chi connectivity index (χ0n) is 19.5. The number of amides is 1. The Labute approximate surface area is 196 Å².